The summed E-state index contributed by atoms with van der Waals surface area (Å²) in [6.45, 7) is 3.46. The Bertz CT molecular complexity index is 839. The second kappa shape index (κ2) is 5.91. The maximum atomic E-state index is 6.33. The zero-order valence-corrected chi connectivity index (χ0v) is 13.9. The molecule has 5 nitrogen and oxygen atoms in total. The highest BCUT2D eigenvalue weighted by Gasteiger charge is 2.22. The van der Waals surface area contributed by atoms with Gasteiger partial charge < -0.3 is 14.2 Å². The minimum absolute atomic E-state index is 0.593. The van der Waals surface area contributed by atoms with E-state index in [1.165, 1.54) is 0 Å². The lowest BCUT2D eigenvalue weighted by Crippen LogP contribution is -2.47. The number of benzene rings is 1. The van der Waals surface area contributed by atoms with Gasteiger partial charge in [-0.25, -0.2) is 9.97 Å². The molecular formula is C16H15Cl2N5. The Labute approximate surface area is 144 Å². The summed E-state index contributed by atoms with van der Waals surface area (Å²) in [5.74, 6) is 0.925. The summed E-state index contributed by atoms with van der Waals surface area (Å²) >= 11 is 12.5. The molecule has 23 heavy (non-hydrogen) atoms. The lowest BCUT2D eigenvalue weighted by Gasteiger charge is -2.37. The van der Waals surface area contributed by atoms with Crippen LogP contribution in [0.4, 0.5) is 11.5 Å². The van der Waals surface area contributed by atoms with Gasteiger partial charge in [0.1, 0.15) is 0 Å². The molecule has 118 valence electrons. The van der Waals surface area contributed by atoms with Crippen LogP contribution in [0.2, 0.25) is 10.0 Å². The van der Waals surface area contributed by atoms with Crippen LogP contribution in [0.5, 0.6) is 0 Å². The highest BCUT2D eigenvalue weighted by atomic mass is 35.5. The number of aromatic nitrogens is 3. The largest absolute Gasteiger partial charge is 0.367 e. The average Bonchev–Trinajstić information content (AvgIpc) is 3.06. The summed E-state index contributed by atoms with van der Waals surface area (Å²) < 4.78 is 1.99. The highest BCUT2D eigenvalue weighted by molar-refractivity contribution is 6.43. The first-order chi connectivity index (χ1) is 11.2. The number of fused-ring (bicyclic) bond motifs is 1. The molecular weight excluding hydrogens is 333 g/mol. The number of nitrogens with zero attached hydrogens (tertiary/aromatic N) is 5. The topological polar surface area (TPSA) is 36.7 Å². The Morgan fingerprint density at radius 2 is 1.57 bits per heavy atom. The zero-order chi connectivity index (χ0) is 15.8. The fourth-order valence-electron chi connectivity index (χ4n) is 2.96. The van der Waals surface area contributed by atoms with Gasteiger partial charge in [-0.3, -0.25) is 0 Å². The van der Waals surface area contributed by atoms with Crippen molar-refractivity contribution in [2.75, 3.05) is 36.0 Å². The molecule has 0 N–H and O–H groups in total. The van der Waals surface area contributed by atoms with Gasteiger partial charge in [-0.2, -0.15) is 0 Å². The lowest BCUT2D eigenvalue weighted by atomic mass is 10.2. The maximum Gasteiger partial charge on any atom is 0.180 e. The van der Waals surface area contributed by atoms with Crippen LogP contribution in [0.3, 0.4) is 0 Å². The van der Waals surface area contributed by atoms with Crippen LogP contribution >= 0.6 is 23.2 Å². The smallest absolute Gasteiger partial charge is 0.180 e. The average molecular weight is 348 g/mol. The maximum absolute atomic E-state index is 6.33. The quantitative estimate of drug-likeness (QED) is 0.712. The van der Waals surface area contributed by atoms with Gasteiger partial charge >= 0.3 is 0 Å². The second-order valence-corrected chi connectivity index (χ2v) is 6.24. The molecule has 2 aromatic heterocycles. The molecule has 1 aliphatic rings. The van der Waals surface area contributed by atoms with Crippen LogP contribution < -0.4 is 9.80 Å². The monoisotopic (exact) mass is 347 g/mol. The number of imidazole rings is 1. The zero-order valence-electron chi connectivity index (χ0n) is 12.4. The number of piperazine rings is 1. The van der Waals surface area contributed by atoms with Crippen LogP contribution in [0.1, 0.15) is 0 Å². The Balaban J connectivity index is 1.55. The molecule has 0 aliphatic carbocycles. The third-order valence-electron chi connectivity index (χ3n) is 4.14. The molecule has 0 radical (unpaired) electrons. The van der Waals surface area contributed by atoms with E-state index in [0.717, 1.165) is 43.3 Å². The highest BCUT2D eigenvalue weighted by Crippen LogP contribution is 2.33. The Kier molecular flexibility index (Phi) is 3.75. The molecule has 3 aromatic rings. The molecule has 0 saturated carbocycles. The summed E-state index contributed by atoms with van der Waals surface area (Å²) in [6.07, 6.45) is 7.45. The van der Waals surface area contributed by atoms with Gasteiger partial charge in [0.05, 0.1) is 15.7 Å². The summed E-state index contributed by atoms with van der Waals surface area (Å²) in [5, 5.41) is 1.21. The van der Waals surface area contributed by atoms with E-state index in [1.807, 2.05) is 41.2 Å². The van der Waals surface area contributed by atoms with Crippen molar-refractivity contribution in [3.8, 4) is 0 Å². The molecule has 0 unspecified atom stereocenters. The van der Waals surface area contributed by atoms with Crippen LogP contribution in [0, 0.1) is 0 Å². The van der Waals surface area contributed by atoms with E-state index in [0.29, 0.717) is 10.0 Å². The minimum Gasteiger partial charge on any atom is -0.367 e. The van der Waals surface area contributed by atoms with Crippen molar-refractivity contribution in [2.24, 2.45) is 0 Å². The van der Waals surface area contributed by atoms with Crippen molar-refractivity contribution < 1.29 is 0 Å². The molecule has 0 atom stereocenters. The van der Waals surface area contributed by atoms with Crippen LogP contribution in [0.15, 0.2) is 43.0 Å². The van der Waals surface area contributed by atoms with Gasteiger partial charge in [-0.05, 0) is 12.1 Å². The first kappa shape index (κ1) is 14.6. The number of hydrogen-bond donors (Lipinski definition) is 0. The molecule has 0 amide bonds. The number of hydrogen-bond acceptors (Lipinski definition) is 4. The van der Waals surface area contributed by atoms with E-state index in [9.17, 15) is 0 Å². The second-order valence-electron chi connectivity index (χ2n) is 5.46. The van der Waals surface area contributed by atoms with Crippen LogP contribution in [-0.2, 0) is 0 Å². The van der Waals surface area contributed by atoms with Crippen molar-refractivity contribution in [1.29, 1.82) is 0 Å². The Hall–Kier alpha value is -1.98. The first-order valence-corrected chi connectivity index (χ1v) is 8.21. The van der Waals surface area contributed by atoms with Gasteiger partial charge in [0.25, 0.3) is 0 Å². The first-order valence-electron chi connectivity index (χ1n) is 7.45. The van der Waals surface area contributed by atoms with Gasteiger partial charge in [-0.1, -0.05) is 29.3 Å². The molecule has 1 fully saturated rings. The molecule has 0 spiro atoms. The van der Waals surface area contributed by atoms with Crippen LogP contribution in [0.25, 0.3) is 5.65 Å². The van der Waals surface area contributed by atoms with Gasteiger partial charge in [0.2, 0.25) is 0 Å². The van der Waals surface area contributed by atoms with Crippen molar-refractivity contribution in [3.63, 3.8) is 0 Å². The van der Waals surface area contributed by atoms with Crippen LogP contribution in [-0.4, -0.2) is 40.5 Å². The SMILES string of the molecule is Clc1cccc(N2CCN(c3nccn4ccnc34)CC2)c1Cl. The Morgan fingerprint density at radius 3 is 2.35 bits per heavy atom. The molecule has 1 saturated heterocycles. The fraction of sp³-hybridized carbons (Fsp3) is 0.250. The summed E-state index contributed by atoms with van der Waals surface area (Å²) in [7, 11) is 0. The molecule has 4 rings (SSSR count). The van der Waals surface area contributed by atoms with Crippen molar-refractivity contribution in [3.05, 3.63) is 53.0 Å². The van der Waals surface area contributed by atoms with Crippen molar-refractivity contribution >= 4 is 40.4 Å². The Morgan fingerprint density at radius 1 is 0.870 bits per heavy atom. The molecule has 0 bridgehead atoms. The summed E-state index contributed by atoms with van der Waals surface area (Å²) in [6, 6.07) is 5.76. The van der Waals surface area contributed by atoms with E-state index in [2.05, 4.69) is 19.8 Å². The number of rotatable bonds is 2. The van der Waals surface area contributed by atoms with Gasteiger partial charge in [-0.15, -0.1) is 0 Å². The number of halogens is 2. The summed E-state index contributed by atoms with van der Waals surface area (Å²) in [5.41, 5.74) is 1.88. The van der Waals surface area contributed by atoms with Crippen molar-refractivity contribution in [2.45, 2.75) is 0 Å². The predicted octanol–water partition coefficient (Wildman–Crippen LogP) is 3.36. The lowest BCUT2D eigenvalue weighted by molar-refractivity contribution is 0.647. The summed E-state index contributed by atoms with van der Waals surface area (Å²) in [4.78, 5) is 13.4. The van der Waals surface area contributed by atoms with E-state index in [-0.39, 0.29) is 0 Å². The third kappa shape index (κ3) is 2.60. The third-order valence-corrected chi connectivity index (χ3v) is 4.95. The van der Waals surface area contributed by atoms with Crippen molar-refractivity contribution in [1.82, 2.24) is 14.4 Å². The van der Waals surface area contributed by atoms with E-state index in [1.54, 1.807) is 6.20 Å². The standard InChI is InChI=1S/C16H15Cl2N5/c17-12-2-1-3-13(14(12)18)21-8-10-23(11-9-21)16-15-19-4-6-22(15)7-5-20-16/h1-7H,8-11H2. The number of anilines is 2. The normalized spacial score (nSPS) is 15.4. The fourth-order valence-corrected chi connectivity index (χ4v) is 3.37. The van der Waals surface area contributed by atoms with Gasteiger partial charge in [0.15, 0.2) is 11.5 Å². The molecule has 1 aromatic carbocycles. The van der Waals surface area contributed by atoms with Gasteiger partial charge in [0, 0.05) is 51.0 Å². The van der Waals surface area contributed by atoms with E-state index in [4.69, 9.17) is 23.2 Å². The van der Waals surface area contributed by atoms with E-state index < -0.39 is 0 Å². The van der Waals surface area contributed by atoms with E-state index >= 15 is 0 Å². The molecule has 7 heteroatoms. The minimum atomic E-state index is 0.593. The molecule has 3 heterocycles. The molecule has 1 aliphatic heterocycles. The predicted molar refractivity (Wildman–Crippen MR) is 93.9 cm³/mol.